The van der Waals surface area contributed by atoms with Gasteiger partial charge in [0.05, 0.1) is 5.37 Å². The van der Waals surface area contributed by atoms with Crippen LogP contribution in [0.1, 0.15) is 15.8 Å². The molecule has 1 nitrogen and oxygen atoms in total. The third-order valence-electron chi connectivity index (χ3n) is 1.77. The first kappa shape index (κ1) is 7.65. The average molecular weight is 185 g/mol. The van der Waals surface area contributed by atoms with Crippen LogP contribution in [0.5, 0.6) is 0 Å². The van der Waals surface area contributed by atoms with Gasteiger partial charge in [0.1, 0.15) is 0 Å². The molecule has 2 heterocycles. The molecule has 1 atom stereocenters. The van der Waals surface area contributed by atoms with Crippen molar-refractivity contribution in [2.75, 3.05) is 12.3 Å². The average Bonchev–Trinajstić information content (AvgIpc) is 2.55. The van der Waals surface area contributed by atoms with E-state index in [-0.39, 0.29) is 0 Å². The van der Waals surface area contributed by atoms with E-state index in [1.165, 1.54) is 16.2 Å². The molecule has 1 fully saturated rings. The SMILES string of the molecule is Cc1cc(C2NCCS2)cs1. The summed E-state index contributed by atoms with van der Waals surface area (Å²) >= 11 is 3.84. The Kier molecular flexibility index (Phi) is 2.20. The predicted octanol–water partition coefficient (Wildman–Crippen LogP) is 2.39. The number of hydrogen-bond acceptors (Lipinski definition) is 3. The van der Waals surface area contributed by atoms with Crippen molar-refractivity contribution < 1.29 is 0 Å². The zero-order chi connectivity index (χ0) is 7.68. The van der Waals surface area contributed by atoms with Gasteiger partial charge < -0.3 is 5.32 Å². The fourth-order valence-corrected chi connectivity index (χ4v) is 3.09. The van der Waals surface area contributed by atoms with Gasteiger partial charge in [-0.15, -0.1) is 23.1 Å². The molecule has 0 saturated carbocycles. The van der Waals surface area contributed by atoms with Crippen LogP contribution in [0, 0.1) is 6.92 Å². The molecule has 0 spiro atoms. The Labute approximate surface area is 75.2 Å². The highest BCUT2D eigenvalue weighted by Gasteiger charge is 2.16. The molecule has 11 heavy (non-hydrogen) atoms. The van der Waals surface area contributed by atoms with Crippen LogP contribution in [0.3, 0.4) is 0 Å². The highest BCUT2D eigenvalue weighted by Crippen LogP contribution is 2.32. The minimum Gasteiger partial charge on any atom is -0.301 e. The topological polar surface area (TPSA) is 12.0 Å². The molecule has 0 radical (unpaired) electrons. The summed E-state index contributed by atoms with van der Waals surface area (Å²) in [5, 5.41) is 6.28. The van der Waals surface area contributed by atoms with Gasteiger partial charge in [-0.05, 0) is 23.9 Å². The molecule has 2 rings (SSSR count). The lowest BCUT2D eigenvalue weighted by molar-refractivity contribution is 0.753. The van der Waals surface area contributed by atoms with Gasteiger partial charge in [0.15, 0.2) is 0 Å². The van der Waals surface area contributed by atoms with E-state index >= 15 is 0 Å². The minimum absolute atomic E-state index is 0.569. The van der Waals surface area contributed by atoms with Crippen LogP contribution >= 0.6 is 23.1 Å². The first-order valence-electron chi connectivity index (χ1n) is 3.76. The van der Waals surface area contributed by atoms with Gasteiger partial charge in [0.2, 0.25) is 0 Å². The van der Waals surface area contributed by atoms with E-state index in [2.05, 4.69) is 23.7 Å². The van der Waals surface area contributed by atoms with Gasteiger partial charge in [0.25, 0.3) is 0 Å². The van der Waals surface area contributed by atoms with Crippen LogP contribution in [0.25, 0.3) is 0 Å². The van der Waals surface area contributed by atoms with Crippen LogP contribution in [-0.2, 0) is 0 Å². The van der Waals surface area contributed by atoms with Crippen molar-refractivity contribution in [3.8, 4) is 0 Å². The first-order chi connectivity index (χ1) is 5.36. The predicted molar refractivity (Wildman–Crippen MR) is 52.3 cm³/mol. The first-order valence-corrected chi connectivity index (χ1v) is 5.69. The van der Waals surface area contributed by atoms with Crippen molar-refractivity contribution in [1.82, 2.24) is 5.32 Å². The van der Waals surface area contributed by atoms with Gasteiger partial charge in [0, 0.05) is 17.2 Å². The second kappa shape index (κ2) is 3.17. The summed E-state index contributed by atoms with van der Waals surface area (Å²) in [7, 11) is 0. The van der Waals surface area contributed by atoms with Crippen molar-refractivity contribution in [3.63, 3.8) is 0 Å². The summed E-state index contributed by atoms with van der Waals surface area (Å²) < 4.78 is 0. The second-order valence-corrected chi connectivity index (χ2v) is 5.02. The largest absolute Gasteiger partial charge is 0.301 e. The van der Waals surface area contributed by atoms with Crippen molar-refractivity contribution >= 4 is 23.1 Å². The lowest BCUT2D eigenvalue weighted by Gasteiger charge is -2.04. The molecule has 1 aliphatic heterocycles. The maximum absolute atomic E-state index is 3.46. The van der Waals surface area contributed by atoms with Crippen molar-refractivity contribution in [1.29, 1.82) is 0 Å². The quantitative estimate of drug-likeness (QED) is 0.721. The Morgan fingerprint density at radius 1 is 1.64 bits per heavy atom. The molecule has 1 aromatic rings. The Morgan fingerprint density at radius 2 is 2.55 bits per heavy atom. The van der Waals surface area contributed by atoms with E-state index in [1.807, 2.05) is 23.1 Å². The van der Waals surface area contributed by atoms with E-state index in [4.69, 9.17) is 0 Å². The fourth-order valence-electron chi connectivity index (χ4n) is 1.24. The number of rotatable bonds is 1. The number of thioether (sulfide) groups is 1. The molecule has 0 aromatic carbocycles. The molecule has 1 aromatic heterocycles. The number of nitrogens with one attached hydrogen (secondary N) is 1. The van der Waals surface area contributed by atoms with Gasteiger partial charge >= 0.3 is 0 Å². The smallest absolute Gasteiger partial charge is 0.0798 e. The van der Waals surface area contributed by atoms with E-state index in [0.717, 1.165) is 6.54 Å². The highest BCUT2D eigenvalue weighted by atomic mass is 32.2. The van der Waals surface area contributed by atoms with Gasteiger partial charge in [-0.2, -0.15) is 0 Å². The van der Waals surface area contributed by atoms with Crippen molar-refractivity contribution in [2.45, 2.75) is 12.3 Å². The summed E-state index contributed by atoms with van der Waals surface area (Å²) in [6, 6.07) is 2.28. The van der Waals surface area contributed by atoms with Crippen LogP contribution in [-0.4, -0.2) is 12.3 Å². The normalized spacial score (nSPS) is 24.3. The molecule has 3 heteroatoms. The van der Waals surface area contributed by atoms with Crippen LogP contribution in [0.4, 0.5) is 0 Å². The number of thiophene rings is 1. The van der Waals surface area contributed by atoms with Crippen molar-refractivity contribution in [2.24, 2.45) is 0 Å². The van der Waals surface area contributed by atoms with E-state index in [0.29, 0.717) is 5.37 Å². The lowest BCUT2D eigenvalue weighted by Crippen LogP contribution is -2.11. The maximum atomic E-state index is 3.46. The second-order valence-electron chi connectivity index (χ2n) is 2.70. The molecule has 1 N–H and O–H groups in total. The van der Waals surface area contributed by atoms with Crippen molar-refractivity contribution in [3.05, 3.63) is 21.9 Å². The van der Waals surface area contributed by atoms with E-state index in [1.54, 1.807) is 0 Å². The monoisotopic (exact) mass is 185 g/mol. The van der Waals surface area contributed by atoms with Gasteiger partial charge in [-0.1, -0.05) is 0 Å². The Balaban J connectivity index is 2.15. The lowest BCUT2D eigenvalue weighted by atomic mass is 10.3. The standard InChI is InChI=1S/C8H11NS2/c1-6-4-7(5-11-6)8-9-2-3-10-8/h4-5,8-9H,2-3H2,1H3. The van der Waals surface area contributed by atoms with Gasteiger partial charge in [-0.3, -0.25) is 0 Å². The third-order valence-corrected chi connectivity index (χ3v) is 3.86. The Hall–Kier alpha value is 0.01000. The summed E-state index contributed by atoms with van der Waals surface area (Å²) in [6.07, 6.45) is 0. The third kappa shape index (κ3) is 1.60. The Bertz CT molecular complexity index is 238. The molecular formula is C8H11NS2. The molecule has 60 valence electrons. The molecule has 0 bridgehead atoms. The fraction of sp³-hybridized carbons (Fsp3) is 0.500. The minimum atomic E-state index is 0.569. The summed E-state index contributed by atoms with van der Waals surface area (Å²) in [5.74, 6) is 1.25. The van der Waals surface area contributed by atoms with Gasteiger partial charge in [-0.25, -0.2) is 0 Å². The molecule has 0 aliphatic carbocycles. The summed E-state index contributed by atoms with van der Waals surface area (Å²) in [6.45, 7) is 3.32. The number of aryl methyl sites for hydroxylation is 1. The maximum Gasteiger partial charge on any atom is 0.0798 e. The van der Waals surface area contributed by atoms with Crippen LogP contribution in [0.2, 0.25) is 0 Å². The van der Waals surface area contributed by atoms with E-state index < -0.39 is 0 Å². The molecule has 1 saturated heterocycles. The molecular weight excluding hydrogens is 174 g/mol. The molecule has 1 aliphatic rings. The highest BCUT2D eigenvalue weighted by molar-refractivity contribution is 7.99. The molecule has 1 unspecified atom stereocenters. The summed E-state index contributed by atoms with van der Waals surface area (Å²) in [4.78, 5) is 1.41. The Morgan fingerprint density at radius 3 is 3.09 bits per heavy atom. The molecule has 0 amide bonds. The van der Waals surface area contributed by atoms with E-state index in [9.17, 15) is 0 Å². The zero-order valence-corrected chi connectivity index (χ0v) is 8.10. The summed E-state index contributed by atoms with van der Waals surface area (Å²) in [5.41, 5.74) is 1.45. The number of hydrogen-bond donors (Lipinski definition) is 1. The van der Waals surface area contributed by atoms with Crippen LogP contribution in [0.15, 0.2) is 11.4 Å². The van der Waals surface area contributed by atoms with Crippen LogP contribution < -0.4 is 5.32 Å². The zero-order valence-electron chi connectivity index (χ0n) is 6.46.